The molecule has 0 unspecified atom stereocenters. The van der Waals surface area contributed by atoms with Crippen LogP contribution in [0.25, 0.3) is 0 Å². The summed E-state index contributed by atoms with van der Waals surface area (Å²) >= 11 is 0. The van der Waals surface area contributed by atoms with E-state index in [1.54, 1.807) is 0 Å². The minimum Gasteiger partial charge on any atom is -0.325 e. The predicted molar refractivity (Wildman–Crippen MR) is 77.1 cm³/mol. The summed E-state index contributed by atoms with van der Waals surface area (Å²) < 4.78 is 0. The van der Waals surface area contributed by atoms with Gasteiger partial charge in [0.2, 0.25) is 0 Å². The molecular formula is C16H33N. The lowest BCUT2D eigenvalue weighted by Gasteiger charge is -2.43. The Morgan fingerprint density at radius 1 is 1.12 bits per heavy atom. The molecule has 1 heteroatoms. The number of rotatable bonds is 6. The van der Waals surface area contributed by atoms with E-state index in [2.05, 4.69) is 27.7 Å². The zero-order chi connectivity index (χ0) is 12.9. The van der Waals surface area contributed by atoms with Crippen molar-refractivity contribution < 1.29 is 0 Å². The van der Waals surface area contributed by atoms with Crippen LogP contribution in [-0.2, 0) is 0 Å². The number of hydrogen-bond donors (Lipinski definition) is 1. The highest BCUT2D eigenvalue weighted by Gasteiger charge is 2.36. The third-order valence-corrected chi connectivity index (χ3v) is 5.28. The van der Waals surface area contributed by atoms with Crippen molar-refractivity contribution >= 4 is 0 Å². The summed E-state index contributed by atoms with van der Waals surface area (Å²) in [5, 5.41) is 0. The Balaban J connectivity index is 2.38. The Labute approximate surface area is 109 Å². The van der Waals surface area contributed by atoms with Gasteiger partial charge in [-0.05, 0) is 43.4 Å². The Morgan fingerprint density at radius 2 is 1.71 bits per heavy atom. The summed E-state index contributed by atoms with van der Waals surface area (Å²) in [5.41, 5.74) is 7.24. The summed E-state index contributed by atoms with van der Waals surface area (Å²) in [6.45, 7) is 9.45. The van der Waals surface area contributed by atoms with Crippen LogP contribution in [-0.4, -0.2) is 5.54 Å². The highest BCUT2D eigenvalue weighted by atomic mass is 14.7. The van der Waals surface area contributed by atoms with E-state index in [0.717, 1.165) is 5.92 Å². The third kappa shape index (κ3) is 4.28. The topological polar surface area (TPSA) is 26.0 Å². The Kier molecular flexibility index (Phi) is 5.50. The average Bonchev–Trinajstić information content (AvgIpc) is 2.30. The van der Waals surface area contributed by atoms with Gasteiger partial charge in [-0.1, -0.05) is 53.4 Å². The van der Waals surface area contributed by atoms with Crippen molar-refractivity contribution in [2.24, 2.45) is 17.1 Å². The van der Waals surface area contributed by atoms with E-state index < -0.39 is 0 Å². The normalized spacial score (nSPS) is 30.5. The fourth-order valence-electron chi connectivity index (χ4n) is 3.24. The van der Waals surface area contributed by atoms with Gasteiger partial charge in [-0.15, -0.1) is 0 Å². The molecule has 0 bridgehead atoms. The van der Waals surface area contributed by atoms with Gasteiger partial charge in [0, 0.05) is 5.54 Å². The van der Waals surface area contributed by atoms with Crippen molar-refractivity contribution in [2.45, 2.75) is 91.0 Å². The van der Waals surface area contributed by atoms with Gasteiger partial charge in [-0.3, -0.25) is 0 Å². The lowest BCUT2D eigenvalue weighted by atomic mass is 9.65. The van der Waals surface area contributed by atoms with Gasteiger partial charge in [0.15, 0.2) is 0 Å². The second-order valence-corrected chi connectivity index (χ2v) is 6.94. The molecule has 1 fully saturated rings. The smallest absolute Gasteiger partial charge is 0.0154 e. The first-order valence-electron chi connectivity index (χ1n) is 7.72. The first-order chi connectivity index (χ1) is 7.93. The first kappa shape index (κ1) is 15.0. The molecule has 0 aromatic rings. The largest absolute Gasteiger partial charge is 0.325 e. The molecule has 1 nitrogen and oxygen atoms in total. The molecular weight excluding hydrogens is 206 g/mol. The van der Waals surface area contributed by atoms with Crippen LogP contribution in [0.4, 0.5) is 0 Å². The van der Waals surface area contributed by atoms with Crippen molar-refractivity contribution in [1.29, 1.82) is 0 Å². The quantitative estimate of drug-likeness (QED) is 0.656. The van der Waals surface area contributed by atoms with Gasteiger partial charge in [0.05, 0.1) is 0 Å². The summed E-state index contributed by atoms with van der Waals surface area (Å²) in [6, 6.07) is 0. The van der Waals surface area contributed by atoms with E-state index in [9.17, 15) is 0 Å². The number of hydrogen-bond acceptors (Lipinski definition) is 1. The van der Waals surface area contributed by atoms with Gasteiger partial charge in [0.25, 0.3) is 0 Å². The van der Waals surface area contributed by atoms with Gasteiger partial charge in [-0.2, -0.15) is 0 Å². The van der Waals surface area contributed by atoms with E-state index in [0.29, 0.717) is 5.41 Å². The SMILES string of the molecule is CCCCCC1(N)CCC(C(C)(C)CC)CC1. The van der Waals surface area contributed by atoms with Crippen molar-refractivity contribution in [2.75, 3.05) is 0 Å². The Bertz CT molecular complexity index is 212. The maximum absolute atomic E-state index is 6.55. The molecule has 102 valence electrons. The van der Waals surface area contributed by atoms with Gasteiger partial charge in [-0.25, -0.2) is 0 Å². The fraction of sp³-hybridized carbons (Fsp3) is 1.00. The molecule has 1 saturated carbocycles. The van der Waals surface area contributed by atoms with Gasteiger partial charge >= 0.3 is 0 Å². The molecule has 0 spiro atoms. The molecule has 0 aliphatic heterocycles. The van der Waals surface area contributed by atoms with Crippen molar-refractivity contribution in [3.63, 3.8) is 0 Å². The van der Waals surface area contributed by atoms with Crippen LogP contribution < -0.4 is 5.73 Å². The lowest BCUT2D eigenvalue weighted by Crippen LogP contribution is -2.45. The van der Waals surface area contributed by atoms with E-state index in [1.165, 1.54) is 57.8 Å². The highest BCUT2D eigenvalue weighted by Crippen LogP contribution is 2.43. The molecule has 1 rings (SSSR count). The monoisotopic (exact) mass is 239 g/mol. The van der Waals surface area contributed by atoms with Crippen molar-refractivity contribution in [1.82, 2.24) is 0 Å². The molecule has 0 atom stereocenters. The molecule has 0 radical (unpaired) electrons. The van der Waals surface area contributed by atoms with E-state index in [-0.39, 0.29) is 5.54 Å². The molecule has 0 heterocycles. The van der Waals surface area contributed by atoms with Crippen LogP contribution in [0.1, 0.15) is 85.5 Å². The molecule has 1 aliphatic rings. The maximum Gasteiger partial charge on any atom is 0.0154 e. The van der Waals surface area contributed by atoms with Crippen LogP contribution in [0.5, 0.6) is 0 Å². The second-order valence-electron chi connectivity index (χ2n) is 6.94. The van der Waals surface area contributed by atoms with Crippen LogP contribution in [0, 0.1) is 11.3 Å². The van der Waals surface area contributed by atoms with Crippen molar-refractivity contribution in [3.8, 4) is 0 Å². The third-order valence-electron chi connectivity index (χ3n) is 5.28. The highest BCUT2D eigenvalue weighted by molar-refractivity contribution is 4.93. The maximum atomic E-state index is 6.55. The predicted octanol–water partition coefficient (Wildman–Crippen LogP) is 4.89. The molecule has 0 aromatic carbocycles. The van der Waals surface area contributed by atoms with Crippen LogP contribution in [0.3, 0.4) is 0 Å². The van der Waals surface area contributed by atoms with E-state index in [4.69, 9.17) is 5.73 Å². The summed E-state index contributed by atoms with van der Waals surface area (Å²) in [6.07, 6.45) is 11.7. The van der Waals surface area contributed by atoms with E-state index >= 15 is 0 Å². The zero-order valence-electron chi connectivity index (χ0n) is 12.5. The number of nitrogens with two attached hydrogens (primary N) is 1. The second kappa shape index (κ2) is 6.22. The van der Waals surface area contributed by atoms with Gasteiger partial charge in [0.1, 0.15) is 0 Å². The van der Waals surface area contributed by atoms with E-state index in [1.807, 2.05) is 0 Å². The summed E-state index contributed by atoms with van der Waals surface area (Å²) in [4.78, 5) is 0. The Morgan fingerprint density at radius 3 is 2.18 bits per heavy atom. The molecule has 17 heavy (non-hydrogen) atoms. The minimum absolute atomic E-state index is 0.176. The zero-order valence-corrected chi connectivity index (χ0v) is 12.5. The minimum atomic E-state index is 0.176. The first-order valence-corrected chi connectivity index (χ1v) is 7.72. The standard InChI is InChI=1S/C16H33N/c1-5-7-8-11-16(17)12-9-14(10-13-16)15(3,4)6-2/h14H,5-13,17H2,1-4H3. The van der Waals surface area contributed by atoms with Crippen LogP contribution in [0.2, 0.25) is 0 Å². The lowest BCUT2D eigenvalue weighted by molar-refractivity contribution is 0.111. The van der Waals surface area contributed by atoms with Gasteiger partial charge < -0.3 is 5.73 Å². The summed E-state index contributed by atoms with van der Waals surface area (Å²) in [5.74, 6) is 0.898. The molecule has 0 amide bonds. The molecule has 2 N–H and O–H groups in total. The number of unbranched alkanes of at least 4 members (excludes halogenated alkanes) is 2. The average molecular weight is 239 g/mol. The van der Waals surface area contributed by atoms with Crippen LogP contribution >= 0.6 is 0 Å². The molecule has 0 saturated heterocycles. The van der Waals surface area contributed by atoms with Crippen molar-refractivity contribution in [3.05, 3.63) is 0 Å². The van der Waals surface area contributed by atoms with Crippen LogP contribution in [0.15, 0.2) is 0 Å². The molecule has 0 aromatic heterocycles. The molecule has 1 aliphatic carbocycles. The summed E-state index contributed by atoms with van der Waals surface area (Å²) in [7, 11) is 0. The Hall–Kier alpha value is -0.0400. The fourth-order valence-corrected chi connectivity index (χ4v) is 3.24.